The van der Waals surface area contributed by atoms with Gasteiger partial charge < -0.3 is 0 Å². The molecule has 0 atom stereocenters. The maximum absolute atomic E-state index is 12.5. The Morgan fingerprint density at radius 1 is 0.826 bits per heavy atom. The van der Waals surface area contributed by atoms with E-state index in [1.54, 1.807) is 12.1 Å². The Hall–Kier alpha value is -0.870. The molecule has 0 spiro atoms. The average molecular weight is 336 g/mol. The predicted octanol–water partition coefficient (Wildman–Crippen LogP) is 4.59. The molecule has 128 valence electrons. The van der Waals surface area contributed by atoms with Crippen molar-refractivity contribution in [3.05, 3.63) is 29.8 Å². The third-order valence-electron chi connectivity index (χ3n) is 5.55. The zero-order chi connectivity index (χ0) is 16.1. The Kier molecular flexibility index (Phi) is 5.76. The van der Waals surface area contributed by atoms with E-state index in [0.717, 1.165) is 12.8 Å². The summed E-state index contributed by atoms with van der Waals surface area (Å²) >= 11 is 0. The summed E-state index contributed by atoms with van der Waals surface area (Å²) in [7, 11) is -3.36. The van der Waals surface area contributed by atoms with Crippen LogP contribution in [0, 0.1) is 5.92 Å². The molecule has 1 N–H and O–H groups in total. The summed E-state index contributed by atoms with van der Waals surface area (Å²) in [5, 5.41) is 0. The molecule has 1 aromatic rings. The molecule has 0 aliphatic heterocycles. The van der Waals surface area contributed by atoms with Crippen LogP contribution in [0.15, 0.2) is 29.2 Å². The molecule has 0 amide bonds. The van der Waals surface area contributed by atoms with E-state index in [4.69, 9.17) is 0 Å². The smallest absolute Gasteiger partial charge is 0.211 e. The Bertz CT molecular complexity index is 582. The van der Waals surface area contributed by atoms with E-state index in [1.807, 2.05) is 12.1 Å². The second-order valence-corrected chi connectivity index (χ2v) is 9.03. The van der Waals surface area contributed by atoms with E-state index in [0.29, 0.717) is 23.3 Å². The molecule has 0 bridgehead atoms. The minimum Gasteiger partial charge on any atom is -0.211 e. The summed E-state index contributed by atoms with van der Waals surface area (Å²) in [6, 6.07) is 7.61. The highest BCUT2D eigenvalue weighted by molar-refractivity contribution is 7.89. The Balaban J connectivity index is 1.60. The Morgan fingerprint density at radius 2 is 1.39 bits per heavy atom. The van der Waals surface area contributed by atoms with E-state index in [2.05, 4.69) is 4.72 Å². The Morgan fingerprint density at radius 3 is 2.00 bits per heavy atom. The van der Waals surface area contributed by atoms with E-state index in [9.17, 15) is 8.42 Å². The van der Waals surface area contributed by atoms with Crippen LogP contribution in [0.1, 0.15) is 75.7 Å². The fraction of sp³-hybridized carbons (Fsp3) is 0.684. The van der Waals surface area contributed by atoms with Crippen molar-refractivity contribution >= 4 is 10.0 Å². The number of benzene rings is 1. The number of hydrogen-bond acceptors (Lipinski definition) is 2. The van der Waals surface area contributed by atoms with Gasteiger partial charge in [0.2, 0.25) is 10.0 Å². The van der Waals surface area contributed by atoms with Gasteiger partial charge in [-0.1, -0.05) is 50.7 Å². The van der Waals surface area contributed by atoms with Gasteiger partial charge in [-0.2, -0.15) is 0 Å². The highest BCUT2D eigenvalue weighted by atomic mass is 32.2. The zero-order valence-electron chi connectivity index (χ0n) is 14.0. The van der Waals surface area contributed by atoms with E-state index in [1.165, 1.54) is 56.9 Å². The van der Waals surface area contributed by atoms with Crippen molar-refractivity contribution in [2.24, 2.45) is 5.92 Å². The minimum absolute atomic E-state index is 0.410. The van der Waals surface area contributed by atoms with Gasteiger partial charge in [-0.3, -0.25) is 0 Å². The van der Waals surface area contributed by atoms with Crippen LogP contribution in [0.3, 0.4) is 0 Å². The molecule has 0 radical (unpaired) electrons. The summed E-state index contributed by atoms with van der Waals surface area (Å²) in [4.78, 5) is 0.410. The van der Waals surface area contributed by atoms with Crippen LogP contribution in [-0.2, 0) is 10.0 Å². The molecule has 3 rings (SSSR count). The number of sulfonamides is 1. The van der Waals surface area contributed by atoms with Gasteiger partial charge in [0.1, 0.15) is 0 Å². The monoisotopic (exact) mass is 335 g/mol. The number of nitrogens with one attached hydrogen (secondary N) is 1. The molecule has 1 aromatic carbocycles. The minimum atomic E-state index is -3.36. The molecule has 0 aromatic heterocycles. The molecule has 0 saturated heterocycles. The zero-order valence-corrected chi connectivity index (χ0v) is 14.8. The van der Waals surface area contributed by atoms with Crippen LogP contribution in [-0.4, -0.2) is 15.0 Å². The first-order valence-corrected chi connectivity index (χ1v) is 10.7. The topological polar surface area (TPSA) is 46.2 Å². The van der Waals surface area contributed by atoms with Gasteiger partial charge in [-0.25, -0.2) is 13.1 Å². The lowest BCUT2D eigenvalue weighted by molar-refractivity contribution is 0.357. The van der Waals surface area contributed by atoms with Crippen molar-refractivity contribution in [3.63, 3.8) is 0 Å². The summed E-state index contributed by atoms with van der Waals surface area (Å²) in [6.45, 7) is 0.590. The van der Waals surface area contributed by atoms with Crippen LogP contribution < -0.4 is 4.72 Å². The normalized spacial score (nSPS) is 21.4. The van der Waals surface area contributed by atoms with Crippen LogP contribution >= 0.6 is 0 Å². The summed E-state index contributed by atoms with van der Waals surface area (Å²) in [6.07, 6.45) is 12.5. The van der Waals surface area contributed by atoms with Gasteiger partial charge in [0.15, 0.2) is 0 Å². The molecule has 0 heterocycles. The lowest BCUT2D eigenvalue weighted by Gasteiger charge is -2.23. The van der Waals surface area contributed by atoms with Gasteiger partial charge in [0.05, 0.1) is 4.90 Å². The molecule has 23 heavy (non-hydrogen) atoms. The standard InChI is InChI=1S/C19H29NO2S/c21-23(22,20-15-16-7-3-1-4-8-16)19-13-11-18(12-14-19)17-9-5-2-6-10-17/h11-14,16-17,20H,1-10,15H2. The van der Waals surface area contributed by atoms with E-state index in [-0.39, 0.29) is 0 Å². The first-order chi connectivity index (χ1) is 11.1. The van der Waals surface area contributed by atoms with Crippen molar-refractivity contribution in [1.29, 1.82) is 0 Å². The van der Waals surface area contributed by atoms with Crippen LogP contribution in [0.4, 0.5) is 0 Å². The van der Waals surface area contributed by atoms with Crippen molar-refractivity contribution in [2.75, 3.05) is 6.54 Å². The lowest BCUT2D eigenvalue weighted by atomic mass is 9.84. The molecule has 2 aliphatic rings. The number of hydrogen-bond donors (Lipinski definition) is 1. The lowest BCUT2D eigenvalue weighted by Crippen LogP contribution is -2.30. The molecule has 3 nitrogen and oxygen atoms in total. The molecular formula is C19H29NO2S. The van der Waals surface area contributed by atoms with Crippen molar-refractivity contribution < 1.29 is 8.42 Å². The second-order valence-electron chi connectivity index (χ2n) is 7.26. The van der Waals surface area contributed by atoms with E-state index >= 15 is 0 Å². The Labute approximate surface area is 140 Å². The summed E-state index contributed by atoms with van der Waals surface area (Å²) in [5.74, 6) is 1.13. The fourth-order valence-corrected chi connectivity index (χ4v) is 5.17. The SMILES string of the molecule is O=S(=O)(NCC1CCCCC1)c1ccc(C2CCCCC2)cc1. The summed E-state index contributed by atoms with van der Waals surface area (Å²) in [5.41, 5.74) is 1.30. The van der Waals surface area contributed by atoms with Gasteiger partial charge >= 0.3 is 0 Å². The third-order valence-corrected chi connectivity index (χ3v) is 6.99. The first-order valence-electron chi connectivity index (χ1n) is 9.25. The first kappa shape index (κ1) is 17.0. The van der Waals surface area contributed by atoms with Gasteiger partial charge in [0, 0.05) is 6.54 Å². The van der Waals surface area contributed by atoms with Gasteiger partial charge in [-0.15, -0.1) is 0 Å². The fourth-order valence-electron chi connectivity index (χ4n) is 4.06. The molecule has 0 unspecified atom stereocenters. The van der Waals surface area contributed by atoms with Gasteiger partial charge in [-0.05, 0) is 55.2 Å². The third kappa shape index (κ3) is 4.57. The largest absolute Gasteiger partial charge is 0.240 e. The quantitative estimate of drug-likeness (QED) is 0.855. The molecular weight excluding hydrogens is 306 g/mol. The van der Waals surface area contributed by atoms with Gasteiger partial charge in [0.25, 0.3) is 0 Å². The van der Waals surface area contributed by atoms with Crippen LogP contribution in [0.5, 0.6) is 0 Å². The highest BCUT2D eigenvalue weighted by Crippen LogP contribution is 2.33. The summed E-state index contributed by atoms with van der Waals surface area (Å²) < 4.78 is 27.7. The maximum Gasteiger partial charge on any atom is 0.240 e. The molecule has 2 fully saturated rings. The van der Waals surface area contributed by atoms with E-state index < -0.39 is 10.0 Å². The molecule has 2 saturated carbocycles. The highest BCUT2D eigenvalue weighted by Gasteiger charge is 2.20. The van der Waals surface area contributed by atoms with Crippen molar-refractivity contribution in [3.8, 4) is 0 Å². The molecule has 4 heteroatoms. The maximum atomic E-state index is 12.5. The average Bonchev–Trinajstić information content (AvgIpc) is 2.62. The molecule has 2 aliphatic carbocycles. The van der Waals surface area contributed by atoms with Crippen molar-refractivity contribution in [1.82, 2.24) is 4.72 Å². The predicted molar refractivity (Wildman–Crippen MR) is 94.0 cm³/mol. The number of rotatable bonds is 5. The second kappa shape index (κ2) is 7.80. The van der Waals surface area contributed by atoms with Crippen molar-refractivity contribution in [2.45, 2.75) is 75.0 Å². The van der Waals surface area contributed by atoms with Crippen LogP contribution in [0.25, 0.3) is 0 Å². The van der Waals surface area contributed by atoms with Crippen LogP contribution in [0.2, 0.25) is 0 Å².